The minimum Gasteiger partial charge on any atom is -0.508 e. The average Bonchev–Trinajstić information content (AvgIpc) is 2.65. The topological polar surface area (TPSA) is 46.5 Å². The van der Waals surface area contributed by atoms with Crippen LogP contribution in [-0.2, 0) is 9.09 Å². The third kappa shape index (κ3) is 3.39. The summed E-state index contributed by atoms with van der Waals surface area (Å²) in [6, 6.07) is 24.0. The van der Waals surface area contributed by atoms with Crippen molar-refractivity contribution < 1.29 is 14.2 Å². The molecule has 1 N–H and O–H groups in total. The molecule has 0 radical (unpaired) electrons. The molecular formula is C21H21O3P. The van der Waals surface area contributed by atoms with Crippen LogP contribution < -0.4 is 5.30 Å². The van der Waals surface area contributed by atoms with Gasteiger partial charge in [-0.05, 0) is 30.7 Å². The molecule has 4 heteroatoms. The summed E-state index contributed by atoms with van der Waals surface area (Å²) < 4.78 is 19.6. The third-order valence-corrected chi connectivity index (χ3v) is 7.17. The highest BCUT2D eigenvalue weighted by Gasteiger charge is 2.39. The van der Waals surface area contributed by atoms with Gasteiger partial charge in [0.05, 0.1) is 5.66 Å². The third-order valence-electron chi connectivity index (χ3n) is 4.35. The fraction of sp³-hybridized carbons (Fsp3) is 0.143. The Morgan fingerprint density at radius 1 is 0.880 bits per heavy atom. The predicted molar refractivity (Wildman–Crippen MR) is 102 cm³/mol. The lowest BCUT2D eigenvalue weighted by Crippen LogP contribution is -2.14. The van der Waals surface area contributed by atoms with E-state index in [4.69, 9.17) is 4.52 Å². The lowest BCUT2D eigenvalue weighted by atomic mass is 10.0. The quantitative estimate of drug-likeness (QED) is 0.654. The van der Waals surface area contributed by atoms with E-state index in [0.29, 0.717) is 10.9 Å². The molecule has 3 aromatic rings. The molecule has 0 fully saturated rings. The van der Waals surface area contributed by atoms with Crippen molar-refractivity contribution in [3.05, 3.63) is 95.6 Å². The van der Waals surface area contributed by atoms with Crippen molar-refractivity contribution in [3.63, 3.8) is 0 Å². The van der Waals surface area contributed by atoms with E-state index < -0.39 is 13.0 Å². The van der Waals surface area contributed by atoms with Crippen LogP contribution in [0.2, 0.25) is 0 Å². The maximum atomic E-state index is 14.0. The highest BCUT2D eigenvalue weighted by atomic mass is 31.2. The average molecular weight is 352 g/mol. The van der Waals surface area contributed by atoms with Crippen molar-refractivity contribution in [1.82, 2.24) is 0 Å². The molecule has 128 valence electrons. The van der Waals surface area contributed by atoms with Gasteiger partial charge in [0.15, 0.2) is 0 Å². The van der Waals surface area contributed by atoms with Crippen molar-refractivity contribution in [1.29, 1.82) is 0 Å². The minimum atomic E-state index is -3.31. The first-order chi connectivity index (χ1) is 12.1. The molecule has 3 aromatic carbocycles. The van der Waals surface area contributed by atoms with E-state index in [1.165, 1.54) is 7.11 Å². The maximum absolute atomic E-state index is 14.0. The predicted octanol–water partition coefficient (Wildman–Crippen LogP) is 5.04. The Balaban J connectivity index is 2.25. The van der Waals surface area contributed by atoms with Gasteiger partial charge in [-0.2, -0.15) is 0 Å². The van der Waals surface area contributed by atoms with Crippen LogP contribution in [-0.4, -0.2) is 12.2 Å². The molecule has 2 unspecified atom stereocenters. The van der Waals surface area contributed by atoms with Gasteiger partial charge in [0, 0.05) is 18.0 Å². The molecule has 0 amide bonds. The zero-order valence-corrected chi connectivity index (χ0v) is 15.2. The first kappa shape index (κ1) is 17.5. The zero-order valence-electron chi connectivity index (χ0n) is 14.3. The molecule has 25 heavy (non-hydrogen) atoms. The first-order valence-corrected chi connectivity index (χ1v) is 9.81. The first-order valence-electron chi connectivity index (χ1n) is 8.12. The summed E-state index contributed by atoms with van der Waals surface area (Å²) in [5.74, 6) is 0.112. The number of para-hydroxylation sites is 1. The second kappa shape index (κ2) is 7.26. The Morgan fingerprint density at radius 3 is 2.08 bits per heavy atom. The Labute approximate surface area is 148 Å². The summed E-state index contributed by atoms with van der Waals surface area (Å²) >= 11 is 0. The molecule has 0 heterocycles. The molecule has 0 saturated carbocycles. The van der Waals surface area contributed by atoms with Crippen molar-refractivity contribution >= 4 is 12.7 Å². The van der Waals surface area contributed by atoms with Crippen LogP contribution in [0.4, 0.5) is 0 Å². The van der Waals surface area contributed by atoms with Gasteiger partial charge in [0.1, 0.15) is 5.75 Å². The normalized spacial score (nSPS) is 14.6. The van der Waals surface area contributed by atoms with E-state index in [1.54, 1.807) is 18.2 Å². The van der Waals surface area contributed by atoms with Gasteiger partial charge in [-0.3, -0.25) is 4.57 Å². The van der Waals surface area contributed by atoms with E-state index in [-0.39, 0.29) is 5.75 Å². The van der Waals surface area contributed by atoms with Gasteiger partial charge in [-0.1, -0.05) is 66.2 Å². The summed E-state index contributed by atoms with van der Waals surface area (Å²) in [6.45, 7) is 2.01. The molecule has 0 aromatic heterocycles. The van der Waals surface area contributed by atoms with Crippen molar-refractivity contribution in [2.45, 2.75) is 12.6 Å². The number of phenolic OH excluding ortho intramolecular Hbond substituents is 1. The standard InChI is InChI=1S/C21H21O3P/c1-16-12-14-17(15-13-16)21(19-10-6-7-11-20(19)22)25(23,24-2)18-8-4-3-5-9-18/h3-15,21-22H,1-2H3. The van der Waals surface area contributed by atoms with Crippen LogP contribution in [0.3, 0.4) is 0 Å². The largest absolute Gasteiger partial charge is 0.508 e. The van der Waals surface area contributed by atoms with Crippen molar-refractivity contribution in [2.24, 2.45) is 0 Å². The van der Waals surface area contributed by atoms with E-state index >= 15 is 0 Å². The number of rotatable bonds is 5. The number of aryl methyl sites for hydroxylation is 1. The lowest BCUT2D eigenvalue weighted by molar-refractivity contribution is 0.395. The molecular weight excluding hydrogens is 331 g/mol. The van der Waals surface area contributed by atoms with Gasteiger partial charge in [-0.15, -0.1) is 0 Å². The number of benzene rings is 3. The van der Waals surface area contributed by atoms with Gasteiger partial charge < -0.3 is 9.63 Å². The molecule has 3 rings (SSSR count). The molecule has 0 aliphatic heterocycles. The Morgan fingerprint density at radius 2 is 1.48 bits per heavy atom. The van der Waals surface area contributed by atoms with Crippen LogP contribution in [0.1, 0.15) is 22.3 Å². The summed E-state index contributed by atoms with van der Waals surface area (Å²) in [5, 5.41) is 11.1. The van der Waals surface area contributed by atoms with Crippen LogP contribution in [0.25, 0.3) is 0 Å². The van der Waals surface area contributed by atoms with Crippen LogP contribution in [0.5, 0.6) is 5.75 Å². The second-order valence-corrected chi connectivity index (χ2v) is 8.58. The minimum absolute atomic E-state index is 0.112. The van der Waals surface area contributed by atoms with Crippen molar-refractivity contribution in [2.75, 3.05) is 7.11 Å². The number of aromatic hydroxyl groups is 1. The van der Waals surface area contributed by atoms with Crippen molar-refractivity contribution in [3.8, 4) is 5.75 Å². The molecule has 0 spiro atoms. The molecule has 0 saturated heterocycles. The van der Waals surface area contributed by atoms with E-state index in [1.807, 2.05) is 67.6 Å². The van der Waals surface area contributed by atoms with E-state index in [9.17, 15) is 9.67 Å². The monoisotopic (exact) mass is 352 g/mol. The Bertz CT molecular complexity index is 889. The van der Waals surface area contributed by atoms with Gasteiger partial charge in [0.2, 0.25) is 7.37 Å². The fourth-order valence-corrected chi connectivity index (χ4v) is 5.48. The summed E-state index contributed by atoms with van der Waals surface area (Å²) in [4.78, 5) is 0. The van der Waals surface area contributed by atoms with E-state index in [0.717, 1.165) is 11.1 Å². The van der Waals surface area contributed by atoms with Crippen LogP contribution in [0, 0.1) is 6.92 Å². The molecule has 0 aliphatic carbocycles. The number of hydrogen-bond donors (Lipinski definition) is 1. The SMILES string of the molecule is COP(=O)(c1ccccc1)C(c1ccc(C)cc1)c1ccccc1O. The summed E-state index contributed by atoms with van der Waals surface area (Å²) in [5.41, 5.74) is 1.98. The Hall–Kier alpha value is -2.35. The second-order valence-electron chi connectivity index (χ2n) is 5.99. The fourth-order valence-electron chi connectivity index (χ4n) is 3.02. The van der Waals surface area contributed by atoms with E-state index in [2.05, 4.69) is 0 Å². The molecule has 2 atom stereocenters. The van der Waals surface area contributed by atoms with Gasteiger partial charge >= 0.3 is 0 Å². The Kier molecular flexibility index (Phi) is 5.08. The number of phenols is 1. The summed E-state index contributed by atoms with van der Waals surface area (Å²) in [6.07, 6.45) is 0. The lowest BCUT2D eigenvalue weighted by Gasteiger charge is -2.28. The van der Waals surface area contributed by atoms with Crippen LogP contribution >= 0.6 is 7.37 Å². The number of hydrogen-bond acceptors (Lipinski definition) is 3. The summed E-state index contributed by atoms with van der Waals surface area (Å²) in [7, 11) is -1.84. The highest BCUT2D eigenvalue weighted by molar-refractivity contribution is 7.67. The van der Waals surface area contributed by atoms with Crippen LogP contribution in [0.15, 0.2) is 78.9 Å². The molecule has 0 aliphatic rings. The highest BCUT2D eigenvalue weighted by Crippen LogP contribution is 2.62. The molecule has 3 nitrogen and oxygen atoms in total. The van der Waals surface area contributed by atoms with Gasteiger partial charge in [-0.25, -0.2) is 0 Å². The molecule has 0 bridgehead atoms. The smallest absolute Gasteiger partial charge is 0.243 e. The van der Waals surface area contributed by atoms with Gasteiger partial charge in [0.25, 0.3) is 0 Å². The zero-order chi connectivity index (χ0) is 17.9. The maximum Gasteiger partial charge on any atom is 0.243 e.